The average molecular weight is 370 g/mol. The topological polar surface area (TPSA) is 73.3 Å². The Morgan fingerprint density at radius 1 is 1.29 bits per heavy atom. The van der Waals surface area contributed by atoms with Gasteiger partial charge in [-0.1, -0.05) is 29.3 Å². The van der Waals surface area contributed by atoms with Crippen LogP contribution in [0.2, 0.25) is 10.2 Å². The number of hydrogen-bond donors (Lipinski definition) is 1. The maximum Gasteiger partial charge on any atom is 0.230 e. The number of halogens is 2. The Morgan fingerprint density at radius 3 is 2.75 bits per heavy atom. The SMILES string of the molecule is COC[C@H](C)Oc1cc(NC(=O)Cc2ccc(Cl)nc2)ncc1Cl. The lowest BCUT2D eigenvalue weighted by Gasteiger charge is -2.15. The van der Waals surface area contributed by atoms with Crippen LogP contribution in [0.1, 0.15) is 12.5 Å². The maximum atomic E-state index is 12.1. The third-order valence-electron chi connectivity index (χ3n) is 2.97. The maximum absolute atomic E-state index is 12.1. The van der Waals surface area contributed by atoms with Crippen LogP contribution in [-0.2, 0) is 16.0 Å². The van der Waals surface area contributed by atoms with Gasteiger partial charge >= 0.3 is 0 Å². The van der Waals surface area contributed by atoms with Crippen LogP contribution < -0.4 is 10.1 Å². The summed E-state index contributed by atoms with van der Waals surface area (Å²) in [5.41, 5.74) is 0.746. The Hall–Kier alpha value is -1.89. The molecule has 1 N–H and O–H groups in total. The van der Waals surface area contributed by atoms with Crippen LogP contribution in [-0.4, -0.2) is 35.7 Å². The number of aromatic nitrogens is 2. The molecule has 0 radical (unpaired) electrons. The van der Waals surface area contributed by atoms with E-state index in [0.29, 0.717) is 28.3 Å². The molecule has 0 aliphatic carbocycles. The molecule has 0 fully saturated rings. The smallest absolute Gasteiger partial charge is 0.230 e. The molecule has 0 aliphatic rings. The number of amides is 1. The summed E-state index contributed by atoms with van der Waals surface area (Å²) in [4.78, 5) is 20.1. The molecule has 0 saturated carbocycles. The van der Waals surface area contributed by atoms with Gasteiger partial charge in [0.05, 0.1) is 19.2 Å². The molecule has 6 nitrogen and oxygen atoms in total. The van der Waals surface area contributed by atoms with Gasteiger partial charge in [-0.3, -0.25) is 4.79 Å². The van der Waals surface area contributed by atoms with E-state index in [1.807, 2.05) is 6.92 Å². The lowest BCUT2D eigenvalue weighted by molar-refractivity contribution is -0.115. The van der Waals surface area contributed by atoms with Crippen molar-refractivity contribution in [2.45, 2.75) is 19.4 Å². The molecule has 2 aromatic rings. The number of pyridine rings is 2. The predicted octanol–water partition coefficient (Wildman–Crippen LogP) is 3.38. The lowest BCUT2D eigenvalue weighted by atomic mass is 10.2. The summed E-state index contributed by atoms with van der Waals surface area (Å²) in [5, 5.41) is 3.44. The molecule has 0 unspecified atom stereocenters. The summed E-state index contributed by atoms with van der Waals surface area (Å²) in [5.74, 6) is 0.551. The minimum Gasteiger partial charge on any atom is -0.487 e. The highest BCUT2D eigenvalue weighted by molar-refractivity contribution is 6.32. The molecule has 0 aromatic carbocycles. The number of nitrogens with zero attached hydrogens (tertiary/aromatic N) is 2. The molecule has 24 heavy (non-hydrogen) atoms. The van der Waals surface area contributed by atoms with Crippen molar-refractivity contribution < 1.29 is 14.3 Å². The van der Waals surface area contributed by atoms with Gasteiger partial charge in [0.2, 0.25) is 5.91 Å². The Balaban J connectivity index is 2.01. The van der Waals surface area contributed by atoms with Gasteiger partial charge in [-0.15, -0.1) is 0 Å². The summed E-state index contributed by atoms with van der Waals surface area (Å²) in [6.07, 6.45) is 2.96. The Kier molecular flexibility index (Phi) is 6.78. The van der Waals surface area contributed by atoms with Crippen molar-refractivity contribution in [2.24, 2.45) is 0 Å². The molecule has 8 heteroatoms. The van der Waals surface area contributed by atoms with E-state index in [2.05, 4.69) is 15.3 Å². The van der Waals surface area contributed by atoms with Gasteiger partial charge in [-0.25, -0.2) is 9.97 Å². The first-order valence-corrected chi connectivity index (χ1v) is 7.95. The van der Waals surface area contributed by atoms with Gasteiger partial charge in [-0.2, -0.15) is 0 Å². The first kappa shape index (κ1) is 18.4. The second kappa shape index (κ2) is 8.82. The number of rotatable bonds is 7. The zero-order valence-corrected chi connectivity index (χ0v) is 14.8. The number of methoxy groups -OCH3 is 1. The van der Waals surface area contributed by atoms with Crippen LogP contribution in [0.3, 0.4) is 0 Å². The summed E-state index contributed by atoms with van der Waals surface area (Å²) >= 11 is 11.8. The number of hydrogen-bond acceptors (Lipinski definition) is 5. The van der Waals surface area contributed by atoms with E-state index in [-0.39, 0.29) is 18.4 Å². The largest absolute Gasteiger partial charge is 0.487 e. The summed E-state index contributed by atoms with van der Waals surface area (Å²) in [6.45, 7) is 2.27. The standard InChI is InChI=1S/C16H17Cl2N3O3/c1-10(9-23-2)24-13-6-15(20-8-12(13)17)21-16(22)5-11-3-4-14(18)19-7-11/h3-4,6-8,10H,5,9H2,1-2H3,(H,20,21,22)/t10-/m0/s1. The highest BCUT2D eigenvalue weighted by atomic mass is 35.5. The van der Waals surface area contributed by atoms with Crippen molar-refractivity contribution in [3.8, 4) is 5.75 Å². The first-order chi connectivity index (χ1) is 11.5. The monoisotopic (exact) mass is 369 g/mol. The van der Waals surface area contributed by atoms with E-state index in [9.17, 15) is 4.79 Å². The van der Waals surface area contributed by atoms with Gasteiger partial charge < -0.3 is 14.8 Å². The average Bonchev–Trinajstić information content (AvgIpc) is 2.53. The van der Waals surface area contributed by atoms with Crippen LogP contribution in [0.4, 0.5) is 5.82 Å². The van der Waals surface area contributed by atoms with Crippen molar-refractivity contribution in [1.29, 1.82) is 0 Å². The molecule has 2 aromatic heterocycles. The molecular formula is C16H17Cl2N3O3. The van der Waals surface area contributed by atoms with Crippen LogP contribution in [0.25, 0.3) is 0 Å². The van der Waals surface area contributed by atoms with Crippen molar-refractivity contribution in [3.05, 3.63) is 46.3 Å². The van der Waals surface area contributed by atoms with Crippen LogP contribution >= 0.6 is 23.2 Å². The van der Waals surface area contributed by atoms with E-state index >= 15 is 0 Å². The summed E-state index contributed by atoms with van der Waals surface area (Å²) in [7, 11) is 1.59. The fraction of sp³-hybridized carbons (Fsp3) is 0.312. The van der Waals surface area contributed by atoms with E-state index in [1.165, 1.54) is 6.20 Å². The normalized spacial score (nSPS) is 11.8. The Labute approximate surface area is 150 Å². The predicted molar refractivity (Wildman–Crippen MR) is 92.8 cm³/mol. The van der Waals surface area contributed by atoms with Gasteiger partial charge in [-0.05, 0) is 18.6 Å². The van der Waals surface area contributed by atoms with E-state index in [0.717, 1.165) is 5.56 Å². The highest BCUT2D eigenvalue weighted by Crippen LogP contribution is 2.27. The second-order valence-electron chi connectivity index (χ2n) is 5.10. The molecule has 0 spiro atoms. The van der Waals surface area contributed by atoms with E-state index in [4.69, 9.17) is 32.7 Å². The fourth-order valence-electron chi connectivity index (χ4n) is 1.95. The zero-order chi connectivity index (χ0) is 17.5. The number of carbonyl (C=O) groups is 1. The second-order valence-corrected chi connectivity index (χ2v) is 5.89. The lowest BCUT2D eigenvalue weighted by Crippen LogP contribution is -2.19. The zero-order valence-electron chi connectivity index (χ0n) is 13.3. The van der Waals surface area contributed by atoms with Crippen molar-refractivity contribution >= 4 is 34.9 Å². The summed E-state index contributed by atoms with van der Waals surface area (Å²) < 4.78 is 10.7. The molecule has 1 atom stereocenters. The third-order valence-corrected chi connectivity index (χ3v) is 3.48. The molecule has 0 aliphatic heterocycles. The van der Waals surface area contributed by atoms with Crippen LogP contribution in [0.5, 0.6) is 5.75 Å². The number of carbonyl (C=O) groups excluding carboxylic acids is 1. The minimum atomic E-state index is -0.232. The van der Waals surface area contributed by atoms with E-state index < -0.39 is 0 Å². The minimum absolute atomic E-state index is 0.157. The molecule has 2 heterocycles. The quantitative estimate of drug-likeness (QED) is 0.757. The molecule has 1 amide bonds. The summed E-state index contributed by atoms with van der Waals surface area (Å²) in [6, 6.07) is 4.95. The molecule has 128 valence electrons. The van der Waals surface area contributed by atoms with Gasteiger partial charge in [0.25, 0.3) is 0 Å². The third kappa shape index (κ3) is 5.63. The van der Waals surface area contributed by atoms with Gasteiger partial charge in [0, 0.05) is 19.4 Å². The van der Waals surface area contributed by atoms with Crippen molar-refractivity contribution in [3.63, 3.8) is 0 Å². The molecule has 0 saturated heterocycles. The van der Waals surface area contributed by atoms with Crippen LogP contribution in [0, 0.1) is 0 Å². The first-order valence-electron chi connectivity index (χ1n) is 7.19. The Bertz CT molecular complexity index is 695. The molecule has 0 bridgehead atoms. The molecule has 2 rings (SSSR count). The highest BCUT2D eigenvalue weighted by Gasteiger charge is 2.11. The van der Waals surface area contributed by atoms with Crippen molar-refractivity contribution in [2.75, 3.05) is 19.0 Å². The number of nitrogens with one attached hydrogen (secondary N) is 1. The van der Waals surface area contributed by atoms with Crippen LogP contribution in [0.15, 0.2) is 30.6 Å². The molecular weight excluding hydrogens is 353 g/mol. The van der Waals surface area contributed by atoms with Gasteiger partial charge in [0.15, 0.2) is 0 Å². The number of anilines is 1. The Morgan fingerprint density at radius 2 is 2.08 bits per heavy atom. The fourth-order valence-corrected chi connectivity index (χ4v) is 2.21. The van der Waals surface area contributed by atoms with E-state index in [1.54, 1.807) is 31.5 Å². The van der Waals surface area contributed by atoms with Gasteiger partial charge in [0.1, 0.15) is 27.8 Å². The van der Waals surface area contributed by atoms with Crippen molar-refractivity contribution in [1.82, 2.24) is 9.97 Å². The number of ether oxygens (including phenoxy) is 2.